The van der Waals surface area contributed by atoms with Gasteiger partial charge >= 0.3 is 0 Å². The number of oxazole rings is 1. The van der Waals surface area contributed by atoms with E-state index in [1.165, 1.54) is 12.1 Å². The van der Waals surface area contributed by atoms with Crippen LogP contribution in [0.4, 0.5) is 4.39 Å². The van der Waals surface area contributed by atoms with Gasteiger partial charge in [-0.2, -0.15) is 0 Å². The van der Waals surface area contributed by atoms with Crippen LogP contribution in [-0.2, 0) is 11.2 Å². The summed E-state index contributed by atoms with van der Waals surface area (Å²) in [4.78, 5) is 9.01. The Labute approximate surface area is 189 Å². The third kappa shape index (κ3) is 10.1. The van der Waals surface area contributed by atoms with Gasteiger partial charge in [-0.1, -0.05) is 13.8 Å². The van der Waals surface area contributed by atoms with E-state index in [9.17, 15) is 4.39 Å². The summed E-state index contributed by atoms with van der Waals surface area (Å²) in [6, 6.07) is 6.11. The van der Waals surface area contributed by atoms with Crippen molar-refractivity contribution < 1.29 is 13.5 Å². The summed E-state index contributed by atoms with van der Waals surface area (Å²) >= 11 is 0. The SMILES string of the molecule is CCNC(=NCCCOCC(C)C)NCCc1coc(-c2ccc(F)cc2)n1.I. The van der Waals surface area contributed by atoms with Crippen LogP contribution in [0.25, 0.3) is 11.5 Å². The number of ether oxygens (including phenoxy) is 1. The van der Waals surface area contributed by atoms with Gasteiger partial charge in [-0.15, -0.1) is 24.0 Å². The largest absolute Gasteiger partial charge is 0.444 e. The summed E-state index contributed by atoms with van der Waals surface area (Å²) in [7, 11) is 0. The first-order valence-corrected chi connectivity index (χ1v) is 9.88. The summed E-state index contributed by atoms with van der Waals surface area (Å²) in [6.07, 6.45) is 3.23. The molecule has 0 aliphatic carbocycles. The molecule has 162 valence electrons. The average molecular weight is 518 g/mol. The Hall–Kier alpha value is -1.68. The molecule has 0 spiro atoms. The molecule has 8 heteroatoms. The van der Waals surface area contributed by atoms with E-state index >= 15 is 0 Å². The molecule has 1 aromatic carbocycles. The topological polar surface area (TPSA) is 71.7 Å². The van der Waals surface area contributed by atoms with Gasteiger partial charge in [0.05, 0.1) is 5.69 Å². The van der Waals surface area contributed by atoms with Gasteiger partial charge in [0.25, 0.3) is 0 Å². The molecule has 2 aromatic rings. The van der Waals surface area contributed by atoms with E-state index in [1.54, 1.807) is 18.4 Å². The fourth-order valence-electron chi connectivity index (χ4n) is 2.47. The molecule has 1 aromatic heterocycles. The minimum absolute atomic E-state index is 0. The zero-order valence-electron chi connectivity index (χ0n) is 17.4. The lowest BCUT2D eigenvalue weighted by atomic mass is 10.2. The minimum Gasteiger partial charge on any atom is -0.444 e. The van der Waals surface area contributed by atoms with Crippen molar-refractivity contribution in [2.75, 3.05) is 32.8 Å². The van der Waals surface area contributed by atoms with Crippen LogP contribution in [0.15, 0.2) is 39.9 Å². The van der Waals surface area contributed by atoms with Gasteiger partial charge in [0, 0.05) is 44.8 Å². The molecular formula is C21H32FIN4O2. The highest BCUT2D eigenvalue weighted by Crippen LogP contribution is 2.18. The van der Waals surface area contributed by atoms with Crippen LogP contribution in [0.3, 0.4) is 0 Å². The number of aromatic nitrogens is 1. The van der Waals surface area contributed by atoms with Crippen LogP contribution in [0.2, 0.25) is 0 Å². The summed E-state index contributed by atoms with van der Waals surface area (Å²) in [5, 5.41) is 6.53. The van der Waals surface area contributed by atoms with E-state index < -0.39 is 0 Å². The number of nitrogens with one attached hydrogen (secondary N) is 2. The predicted octanol–water partition coefficient (Wildman–Crippen LogP) is 4.26. The molecular weight excluding hydrogens is 486 g/mol. The van der Waals surface area contributed by atoms with Gasteiger partial charge in [0.1, 0.15) is 12.1 Å². The molecule has 0 fully saturated rings. The van der Waals surface area contributed by atoms with Crippen molar-refractivity contribution in [3.8, 4) is 11.5 Å². The molecule has 0 saturated heterocycles. The van der Waals surface area contributed by atoms with Crippen molar-refractivity contribution in [1.82, 2.24) is 15.6 Å². The van der Waals surface area contributed by atoms with Crippen molar-refractivity contribution in [1.29, 1.82) is 0 Å². The zero-order valence-corrected chi connectivity index (χ0v) is 19.7. The second kappa shape index (κ2) is 14.3. The van der Waals surface area contributed by atoms with Gasteiger partial charge in [0.15, 0.2) is 5.96 Å². The molecule has 2 N–H and O–H groups in total. The molecule has 0 aliphatic rings. The monoisotopic (exact) mass is 518 g/mol. The van der Waals surface area contributed by atoms with Crippen molar-refractivity contribution in [2.24, 2.45) is 10.9 Å². The van der Waals surface area contributed by atoms with Crippen LogP contribution < -0.4 is 10.6 Å². The highest BCUT2D eigenvalue weighted by molar-refractivity contribution is 14.0. The first-order valence-electron chi connectivity index (χ1n) is 9.88. The quantitative estimate of drug-likeness (QED) is 0.201. The van der Waals surface area contributed by atoms with Gasteiger partial charge in [-0.25, -0.2) is 9.37 Å². The molecule has 0 aliphatic heterocycles. The third-order valence-electron chi connectivity index (χ3n) is 3.83. The predicted molar refractivity (Wildman–Crippen MR) is 125 cm³/mol. The number of nitrogens with zero attached hydrogens (tertiary/aromatic N) is 2. The van der Waals surface area contributed by atoms with Crippen LogP contribution in [-0.4, -0.2) is 43.8 Å². The van der Waals surface area contributed by atoms with Crippen molar-refractivity contribution in [2.45, 2.75) is 33.6 Å². The normalized spacial score (nSPS) is 11.4. The van der Waals surface area contributed by atoms with Gasteiger partial charge < -0.3 is 19.8 Å². The summed E-state index contributed by atoms with van der Waals surface area (Å²) in [6.45, 7) is 10.0. The standard InChI is InChI=1S/C21H31FN4O2.HI/c1-4-23-21(24-11-5-13-27-14-16(2)3)25-12-10-19-15-28-20(26-19)17-6-8-18(22)9-7-17;/h6-9,15-16H,4-5,10-14H2,1-3H3,(H2,23,24,25);1H. The van der Waals surface area contributed by atoms with E-state index in [0.717, 1.165) is 43.4 Å². The molecule has 2 rings (SSSR count). The number of hydrogen-bond donors (Lipinski definition) is 2. The van der Waals surface area contributed by atoms with Crippen LogP contribution in [0.1, 0.15) is 32.9 Å². The number of aliphatic imine (C=N–C) groups is 1. The highest BCUT2D eigenvalue weighted by atomic mass is 127. The Morgan fingerprint density at radius 1 is 1.24 bits per heavy atom. The maximum atomic E-state index is 13.0. The smallest absolute Gasteiger partial charge is 0.226 e. The average Bonchev–Trinajstić information content (AvgIpc) is 3.13. The molecule has 6 nitrogen and oxygen atoms in total. The van der Waals surface area contributed by atoms with Gasteiger partial charge in [0.2, 0.25) is 5.89 Å². The lowest BCUT2D eigenvalue weighted by molar-refractivity contribution is 0.109. The second-order valence-electron chi connectivity index (χ2n) is 6.91. The first-order chi connectivity index (χ1) is 13.6. The van der Waals surface area contributed by atoms with E-state index in [4.69, 9.17) is 9.15 Å². The Morgan fingerprint density at radius 2 is 2.00 bits per heavy atom. The Kier molecular flexibility index (Phi) is 12.5. The number of halogens is 2. The lowest BCUT2D eigenvalue weighted by Crippen LogP contribution is -2.38. The highest BCUT2D eigenvalue weighted by Gasteiger charge is 2.07. The fourth-order valence-corrected chi connectivity index (χ4v) is 2.47. The van der Waals surface area contributed by atoms with Crippen LogP contribution in [0.5, 0.6) is 0 Å². The summed E-state index contributed by atoms with van der Waals surface area (Å²) < 4.78 is 24.1. The lowest BCUT2D eigenvalue weighted by Gasteiger charge is -2.11. The molecule has 29 heavy (non-hydrogen) atoms. The second-order valence-corrected chi connectivity index (χ2v) is 6.91. The summed E-state index contributed by atoms with van der Waals surface area (Å²) in [5.41, 5.74) is 1.60. The summed E-state index contributed by atoms with van der Waals surface area (Å²) in [5.74, 6) is 1.56. The van der Waals surface area contributed by atoms with Crippen LogP contribution in [0, 0.1) is 11.7 Å². The van der Waals surface area contributed by atoms with E-state index in [0.29, 0.717) is 31.3 Å². The maximum absolute atomic E-state index is 13.0. The maximum Gasteiger partial charge on any atom is 0.226 e. The van der Waals surface area contributed by atoms with Crippen molar-refractivity contribution in [3.63, 3.8) is 0 Å². The Bertz CT molecular complexity index is 720. The number of benzene rings is 1. The van der Waals surface area contributed by atoms with Crippen LogP contribution >= 0.6 is 24.0 Å². The number of guanidine groups is 1. The minimum atomic E-state index is -0.276. The molecule has 0 bridgehead atoms. The van der Waals surface area contributed by atoms with E-state index in [2.05, 4.69) is 34.5 Å². The van der Waals surface area contributed by atoms with E-state index in [-0.39, 0.29) is 29.8 Å². The number of hydrogen-bond acceptors (Lipinski definition) is 4. The van der Waals surface area contributed by atoms with Crippen molar-refractivity contribution in [3.05, 3.63) is 42.0 Å². The Balaban J connectivity index is 0.00000420. The molecule has 0 radical (unpaired) electrons. The van der Waals surface area contributed by atoms with Gasteiger partial charge in [-0.3, -0.25) is 4.99 Å². The molecule has 0 unspecified atom stereocenters. The van der Waals surface area contributed by atoms with Crippen molar-refractivity contribution >= 4 is 29.9 Å². The van der Waals surface area contributed by atoms with E-state index in [1.807, 2.05) is 6.92 Å². The fraction of sp³-hybridized carbons (Fsp3) is 0.524. The zero-order chi connectivity index (χ0) is 20.2. The first kappa shape index (κ1) is 25.4. The molecule has 0 saturated carbocycles. The molecule has 0 atom stereocenters. The Morgan fingerprint density at radius 3 is 2.69 bits per heavy atom. The third-order valence-corrected chi connectivity index (χ3v) is 3.83. The number of rotatable bonds is 11. The molecule has 1 heterocycles. The molecule has 0 amide bonds. The van der Waals surface area contributed by atoms with Gasteiger partial charge in [-0.05, 0) is 43.5 Å².